The summed E-state index contributed by atoms with van der Waals surface area (Å²) in [4.78, 5) is 12.1. The molecule has 1 saturated heterocycles. The van der Waals surface area contributed by atoms with Crippen LogP contribution in [0.25, 0.3) is 0 Å². The molecule has 1 aromatic carbocycles. The number of nitrogens with two attached hydrogens (primary N) is 1. The molecule has 104 valence electrons. The standard InChI is InChI=1S/C14H20N2O3/c1-10-8-11(15)2-3-12(10)13(17)16-9-14(18)4-6-19-7-5-14/h2-3,8,18H,4-7,9,15H2,1H3,(H,16,17). The Morgan fingerprint density at radius 1 is 1.47 bits per heavy atom. The van der Waals surface area contributed by atoms with E-state index in [9.17, 15) is 9.90 Å². The lowest BCUT2D eigenvalue weighted by molar-refractivity contribution is -0.0605. The average molecular weight is 264 g/mol. The van der Waals surface area contributed by atoms with Gasteiger partial charge in [-0.15, -0.1) is 0 Å². The first-order chi connectivity index (χ1) is 9.00. The predicted molar refractivity (Wildman–Crippen MR) is 72.9 cm³/mol. The summed E-state index contributed by atoms with van der Waals surface area (Å²) in [5, 5.41) is 13.0. The quantitative estimate of drug-likeness (QED) is 0.707. The van der Waals surface area contributed by atoms with Crippen LogP contribution < -0.4 is 11.1 Å². The Morgan fingerprint density at radius 2 is 2.16 bits per heavy atom. The third kappa shape index (κ3) is 3.45. The first kappa shape index (κ1) is 13.8. The van der Waals surface area contributed by atoms with Gasteiger partial charge in [-0.3, -0.25) is 4.79 Å². The van der Waals surface area contributed by atoms with E-state index >= 15 is 0 Å². The van der Waals surface area contributed by atoms with E-state index in [1.165, 1.54) is 0 Å². The number of carbonyl (C=O) groups is 1. The van der Waals surface area contributed by atoms with Crippen molar-refractivity contribution in [2.75, 3.05) is 25.5 Å². The van der Waals surface area contributed by atoms with Crippen molar-refractivity contribution in [3.8, 4) is 0 Å². The van der Waals surface area contributed by atoms with Crippen molar-refractivity contribution < 1.29 is 14.6 Å². The molecule has 0 aromatic heterocycles. The van der Waals surface area contributed by atoms with Crippen molar-refractivity contribution in [1.29, 1.82) is 0 Å². The van der Waals surface area contributed by atoms with Crippen molar-refractivity contribution >= 4 is 11.6 Å². The Balaban J connectivity index is 1.97. The molecule has 1 amide bonds. The van der Waals surface area contributed by atoms with Crippen LogP contribution in [0.3, 0.4) is 0 Å². The van der Waals surface area contributed by atoms with E-state index in [1.54, 1.807) is 18.2 Å². The van der Waals surface area contributed by atoms with Crippen molar-refractivity contribution in [3.63, 3.8) is 0 Å². The Labute approximate surface area is 112 Å². The van der Waals surface area contributed by atoms with E-state index in [4.69, 9.17) is 10.5 Å². The molecule has 0 saturated carbocycles. The lowest BCUT2D eigenvalue weighted by Crippen LogP contribution is -2.46. The van der Waals surface area contributed by atoms with Crippen molar-refractivity contribution in [2.24, 2.45) is 0 Å². The molecule has 0 unspecified atom stereocenters. The first-order valence-corrected chi connectivity index (χ1v) is 6.45. The molecular formula is C14H20N2O3. The van der Waals surface area contributed by atoms with E-state index in [2.05, 4.69) is 5.32 Å². The third-order valence-corrected chi connectivity index (χ3v) is 3.50. The van der Waals surface area contributed by atoms with Crippen LogP contribution in [0.1, 0.15) is 28.8 Å². The minimum Gasteiger partial charge on any atom is -0.399 e. The van der Waals surface area contributed by atoms with Crippen LogP contribution >= 0.6 is 0 Å². The molecule has 0 spiro atoms. The second-order valence-electron chi connectivity index (χ2n) is 5.09. The molecule has 1 aromatic rings. The number of amides is 1. The largest absolute Gasteiger partial charge is 0.399 e. The molecule has 1 fully saturated rings. The van der Waals surface area contributed by atoms with Gasteiger partial charge in [-0.2, -0.15) is 0 Å². The van der Waals surface area contributed by atoms with Crippen LogP contribution in [0.15, 0.2) is 18.2 Å². The molecule has 5 heteroatoms. The number of rotatable bonds is 3. The normalized spacial score (nSPS) is 18.0. The predicted octanol–water partition coefficient (Wildman–Crippen LogP) is 0.849. The SMILES string of the molecule is Cc1cc(N)ccc1C(=O)NCC1(O)CCOCC1. The van der Waals surface area contributed by atoms with E-state index in [-0.39, 0.29) is 12.5 Å². The van der Waals surface area contributed by atoms with E-state index in [1.807, 2.05) is 6.92 Å². The number of hydrogen-bond donors (Lipinski definition) is 3. The fourth-order valence-electron chi connectivity index (χ4n) is 2.21. The maximum atomic E-state index is 12.1. The van der Waals surface area contributed by atoms with Gasteiger partial charge in [0.15, 0.2) is 0 Å². The first-order valence-electron chi connectivity index (χ1n) is 6.45. The molecule has 4 N–H and O–H groups in total. The number of carbonyl (C=O) groups excluding carboxylic acids is 1. The highest BCUT2D eigenvalue weighted by Gasteiger charge is 2.30. The summed E-state index contributed by atoms with van der Waals surface area (Å²) < 4.78 is 5.20. The van der Waals surface area contributed by atoms with Crippen molar-refractivity contribution in [2.45, 2.75) is 25.4 Å². The lowest BCUT2D eigenvalue weighted by atomic mass is 9.94. The average Bonchev–Trinajstić information content (AvgIpc) is 2.37. The molecule has 1 aliphatic rings. The number of aliphatic hydroxyl groups is 1. The molecule has 1 aliphatic heterocycles. The summed E-state index contributed by atoms with van der Waals surface area (Å²) in [6.45, 7) is 3.16. The summed E-state index contributed by atoms with van der Waals surface area (Å²) in [7, 11) is 0. The van der Waals surface area contributed by atoms with Gasteiger partial charge in [0.1, 0.15) is 0 Å². The van der Waals surface area contributed by atoms with Crippen LogP contribution in [-0.2, 0) is 4.74 Å². The lowest BCUT2D eigenvalue weighted by Gasteiger charge is -2.32. The van der Waals surface area contributed by atoms with Gasteiger partial charge in [0.2, 0.25) is 0 Å². The van der Waals surface area contributed by atoms with Gasteiger partial charge in [0, 0.05) is 43.9 Å². The monoisotopic (exact) mass is 264 g/mol. The molecule has 0 atom stereocenters. The minimum absolute atomic E-state index is 0.183. The van der Waals surface area contributed by atoms with Gasteiger partial charge < -0.3 is 20.9 Å². The van der Waals surface area contributed by atoms with Crippen molar-refractivity contribution in [3.05, 3.63) is 29.3 Å². The van der Waals surface area contributed by atoms with Crippen LogP contribution in [-0.4, -0.2) is 36.4 Å². The molecule has 0 bridgehead atoms. The fraction of sp³-hybridized carbons (Fsp3) is 0.500. The summed E-state index contributed by atoms with van der Waals surface area (Å²) in [5.74, 6) is -0.183. The minimum atomic E-state index is -0.852. The molecule has 0 aliphatic carbocycles. The number of aryl methyl sites for hydroxylation is 1. The zero-order valence-electron chi connectivity index (χ0n) is 11.1. The topological polar surface area (TPSA) is 84.6 Å². The van der Waals surface area contributed by atoms with Gasteiger partial charge >= 0.3 is 0 Å². The number of nitrogens with one attached hydrogen (secondary N) is 1. The van der Waals surface area contributed by atoms with E-state index in [0.29, 0.717) is 37.3 Å². The highest BCUT2D eigenvalue weighted by molar-refractivity contribution is 5.96. The maximum absolute atomic E-state index is 12.1. The van der Waals surface area contributed by atoms with E-state index in [0.717, 1.165) is 5.56 Å². The summed E-state index contributed by atoms with van der Waals surface area (Å²) in [6, 6.07) is 5.16. The fourth-order valence-corrected chi connectivity index (χ4v) is 2.21. The van der Waals surface area contributed by atoms with Gasteiger partial charge in [-0.1, -0.05) is 0 Å². The highest BCUT2D eigenvalue weighted by Crippen LogP contribution is 2.19. The molecule has 19 heavy (non-hydrogen) atoms. The van der Waals surface area contributed by atoms with Gasteiger partial charge in [0.25, 0.3) is 5.91 Å². The van der Waals surface area contributed by atoms with Gasteiger partial charge in [-0.05, 0) is 30.7 Å². The molecule has 2 rings (SSSR count). The Hall–Kier alpha value is -1.59. The molecular weight excluding hydrogens is 244 g/mol. The molecule has 5 nitrogen and oxygen atoms in total. The summed E-state index contributed by atoms with van der Waals surface area (Å²) in [5.41, 5.74) is 6.86. The van der Waals surface area contributed by atoms with Crippen LogP contribution in [0.5, 0.6) is 0 Å². The second kappa shape index (κ2) is 5.59. The van der Waals surface area contributed by atoms with Gasteiger partial charge in [-0.25, -0.2) is 0 Å². The highest BCUT2D eigenvalue weighted by atomic mass is 16.5. The Morgan fingerprint density at radius 3 is 2.79 bits per heavy atom. The molecule has 0 radical (unpaired) electrons. The smallest absolute Gasteiger partial charge is 0.251 e. The zero-order chi connectivity index (χ0) is 13.9. The second-order valence-corrected chi connectivity index (χ2v) is 5.09. The molecule has 1 heterocycles. The zero-order valence-corrected chi connectivity index (χ0v) is 11.1. The summed E-state index contributed by atoms with van der Waals surface area (Å²) >= 11 is 0. The Bertz CT molecular complexity index is 468. The number of ether oxygens (including phenoxy) is 1. The van der Waals surface area contributed by atoms with Gasteiger partial charge in [0.05, 0.1) is 5.60 Å². The third-order valence-electron chi connectivity index (χ3n) is 3.50. The number of hydrogen-bond acceptors (Lipinski definition) is 4. The summed E-state index contributed by atoms with van der Waals surface area (Å²) in [6.07, 6.45) is 1.10. The Kier molecular flexibility index (Phi) is 4.07. The van der Waals surface area contributed by atoms with Crippen LogP contribution in [0, 0.1) is 6.92 Å². The maximum Gasteiger partial charge on any atom is 0.251 e. The van der Waals surface area contributed by atoms with Crippen LogP contribution in [0.2, 0.25) is 0 Å². The van der Waals surface area contributed by atoms with Crippen LogP contribution in [0.4, 0.5) is 5.69 Å². The number of anilines is 1. The van der Waals surface area contributed by atoms with E-state index < -0.39 is 5.60 Å². The number of nitrogen functional groups attached to an aromatic ring is 1. The van der Waals surface area contributed by atoms with Crippen molar-refractivity contribution in [1.82, 2.24) is 5.32 Å². The number of benzene rings is 1.